The minimum absolute atomic E-state index is 0.0694. The van der Waals surface area contributed by atoms with Gasteiger partial charge >= 0.3 is 5.97 Å². The van der Waals surface area contributed by atoms with Crippen molar-refractivity contribution in [2.45, 2.75) is 77.1 Å². The van der Waals surface area contributed by atoms with Gasteiger partial charge in [-0.25, -0.2) is 0 Å². The van der Waals surface area contributed by atoms with Gasteiger partial charge in [0.25, 0.3) is 0 Å². The predicted molar refractivity (Wildman–Crippen MR) is 98.7 cm³/mol. The van der Waals surface area contributed by atoms with Gasteiger partial charge in [0.2, 0.25) is 7.37 Å². The van der Waals surface area contributed by atoms with Crippen molar-refractivity contribution in [3.63, 3.8) is 0 Å². The number of rotatable bonds is 8. The summed E-state index contributed by atoms with van der Waals surface area (Å²) < 4.78 is 20.1. The number of carboxylic acids is 1. The molecule has 6 heteroatoms. The molecule has 4 aliphatic rings. The summed E-state index contributed by atoms with van der Waals surface area (Å²) in [5.41, 5.74) is 5.79. The van der Waals surface area contributed by atoms with Crippen LogP contribution in [0.2, 0.25) is 0 Å². The van der Waals surface area contributed by atoms with Crippen LogP contribution in [0.3, 0.4) is 0 Å². The van der Waals surface area contributed by atoms with Gasteiger partial charge in [0.15, 0.2) is 0 Å². The first-order valence-electron chi connectivity index (χ1n) is 9.89. The highest BCUT2D eigenvalue weighted by atomic mass is 31.2. The fourth-order valence-corrected chi connectivity index (χ4v) is 8.26. The Kier molecular flexibility index (Phi) is 5.41. The second kappa shape index (κ2) is 6.98. The van der Waals surface area contributed by atoms with E-state index >= 15 is 0 Å². The molecule has 0 aromatic rings. The second-order valence-electron chi connectivity index (χ2n) is 9.51. The number of hydrogen-bond acceptors (Lipinski definition) is 4. The van der Waals surface area contributed by atoms with Crippen LogP contribution in [0.1, 0.15) is 65.7 Å². The van der Waals surface area contributed by atoms with Gasteiger partial charge in [-0.1, -0.05) is 13.8 Å². The van der Waals surface area contributed by atoms with Gasteiger partial charge in [-0.2, -0.15) is 0 Å². The molecule has 25 heavy (non-hydrogen) atoms. The maximum absolute atomic E-state index is 13.7. The van der Waals surface area contributed by atoms with E-state index < -0.39 is 25.0 Å². The topological polar surface area (TPSA) is 89.6 Å². The Morgan fingerprint density at radius 2 is 1.64 bits per heavy atom. The summed E-state index contributed by atoms with van der Waals surface area (Å²) in [6.07, 6.45) is 7.39. The van der Waals surface area contributed by atoms with Gasteiger partial charge in [0.1, 0.15) is 0 Å². The summed E-state index contributed by atoms with van der Waals surface area (Å²) >= 11 is 0. The lowest BCUT2D eigenvalue weighted by Gasteiger charge is -2.57. The molecule has 0 spiro atoms. The molecule has 4 bridgehead atoms. The molecule has 3 atom stereocenters. The largest absolute Gasteiger partial charge is 0.481 e. The highest BCUT2D eigenvalue weighted by Gasteiger charge is 2.54. The van der Waals surface area contributed by atoms with Crippen molar-refractivity contribution < 1.29 is 19.0 Å². The standard InChI is InChI=1S/C19H34NO4P/c1-12(2)4-17(18(21)22)11-25(23,13(3)20)24-19-8-14-5-15(9-19)7-16(6-14)10-19/h12-17H,4-11,20H2,1-3H3,(H,21,22). The number of aliphatic carboxylic acids is 1. The van der Waals surface area contributed by atoms with Crippen molar-refractivity contribution in [3.05, 3.63) is 0 Å². The number of nitrogens with two attached hydrogens (primary N) is 1. The third-order valence-electron chi connectivity index (χ3n) is 6.53. The zero-order chi connectivity index (χ0) is 18.4. The Bertz CT molecular complexity index is 524. The molecule has 0 amide bonds. The predicted octanol–water partition coefficient (Wildman–Crippen LogP) is 4.30. The molecule has 0 heterocycles. The highest BCUT2D eigenvalue weighted by molar-refractivity contribution is 7.59. The van der Waals surface area contributed by atoms with E-state index in [9.17, 15) is 14.5 Å². The van der Waals surface area contributed by atoms with Crippen molar-refractivity contribution in [1.82, 2.24) is 0 Å². The van der Waals surface area contributed by atoms with Crippen LogP contribution in [-0.2, 0) is 13.9 Å². The Morgan fingerprint density at radius 3 is 2.00 bits per heavy atom. The molecule has 3 N–H and O–H groups in total. The molecule has 0 saturated heterocycles. The molecule has 0 radical (unpaired) electrons. The molecule has 4 aliphatic carbocycles. The number of carbonyl (C=O) groups is 1. The molecule has 0 aromatic heterocycles. The van der Waals surface area contributed by atoms with Crippen molar-refractivity contribution in [2.75, 3.05) is 6.16 Å². The average molecular weight is 371 g/mol. The van der Waals surface area contributed by atoms with E-state index in [4.69, 9.17) is 10.3 Å². The molecule has 3 unspecified atom stereocenters. The molecule has 4 rings (SSSR count). The quantitative estimate of drug-likeness (QED) is 0.621. The molecular formula is C19H34NO4P. The van der Waals surface area contributed by atoms with Gasteiger partial charge in [0.05, 0.1) is 17.3 Å². The third-order valence-corrected chi connectivity index (χ3v) is 9.42. The maximum atomic E-state index is 13.7. The highest BCUT2D eigenvalue weighted by Crippen LogP contribution is 2.64. The molecule has 4 fully saturated rings. The van der Waals surface area contributed by atoms with Crippen LogP contribution in [0.15, 0.2) is 0 Å². The average Bonchev–Trinajstić information content (AvgIpc) is 2.43. The first-order chi connectivity index (χ1) is 11.6. The summed E-state index contributed by atoms with van der Waals surface area (Å²) in [4.78, 5) is 11.7. The van der Waals surface area contributed by atoms with Gasteiger partial charge in [-0.05, 0) is 75.5 Å². The SMILES string of the molecule is CC(C)CC(CP(=O)(OC12CC3CC(CC(C3)C1)C2)C(C)N)C(=O)O. The molecule has 4 saturated carbocycles. The second-order valence-corrected chi connectivity index (χ2v) is 12.3. The van der Waals surface area contributed by atoms with E-state index in [-0.39, 0.29) is 17.7 Å². The first-order valence-corrected chi connectivity index (χ1v) is 11.8. The van der Waals surface area contributed by atoms with E-state index in [1.807, 2.05) is 13.8 Å². The van der Waals surface area contributed by atoms with Gasteiger partial charge in [0, 0.05) is 6.16 Å². The van der Waals surface area contributed by atoms with E-state index in [1.165, 1.54) is 19.3 Å². The van der Waals surface area contributed by atoms with Crippen LogP contribution in [0, 0.1) is 29.6 Å². The normalized spacial score (nSPS) is 38.5. The van der Waals surface area contributed by atoms with Crippen LogP contribution in [-0.4, -0.2) is 28.6 Å². The van der Waals surface area contributed by atoms with Gasteiger partial charge < -0.3 is 15.4 Å². The lowest BCUT2D eigenvalue weighted by molar-refractivity contribution is -0.141. The van der Waals surface area contributed by atoms with Crippen molar-refractivity contribution >= 4 is 13.3 Å². The van der Waals surface area contributed by atoms with Crippen LogP contribution < -0.4 is 5.73 Å². The Morgan fingerprint density at radius 1 is 1.16 bits per heavy atom. The van der Waals surface area contributed by atoms with E-state index in [2.05, 4.69) is 0 Å². The summed E-state index contributed by atoms with van der Waals surface area (Å²) in [7, 11) is -3.21. The Hall–Kier alpha value is -0.380. The van der Waals surface area contributed by atoms with Crippen LogP contribution >= 0.6 is 7.37 Å². The summed E-state index contributed by atoms with van der Waals surface area (Å²) in [6.45, 7) is 5.70. The minimum Gasteiger partial charge on any atom is -0.481 e. The lowest BCUT2D eigenvalue weighted by Crippen LogP contribution is -2.52. The minimum atomic E-state index is -3.21. The Labute approximate surface area is 151 Å². The molecule has 144 valence electrons. The smallest absolute Gasteiger partial charge is 0.307 e. The maximum Gasteiger partial charge on any atom is 0.307 e. The first kappa shape index (κ1) is 19.4. The van der Waals surface area contributed by atoms with Crippen LogP contribution in [0.4, 0.5) is 0 Å². The molecule has 0 aliphatic heterocycles. The third kappa shape index (κ3) is 4.14. The Balaban J connectivity index is 1.78. The summed E-state index contributed by atoms with van der Waals surface area (Å²) in [5.74, 6) is 0.169. The summed E-state index contributed by atoms with van der Waals surface area (Å²) in [6, 6.07) is 0. The zero-order valence-corrected chi connectivity index (χ0v) is 16.7. The number of hydrogen-bond donors (Lipinski definition) is 2. The monoisotopic (exact) mass is 371 g/mol. The summed E-state index contributed by atoms with van der Waals surface area (Å²) in [5, 5.41) is 9.58. The fraction of sp³-hybridized carbons (Fsp3) is 0.947. The fourth-order valence-electron chi connectivity index (χ4n) is 5.89. The van der Waals surface area contributed by atoms with Crippen LogP contribution in [0.25, 0.3) is 0 Å². The lowest BCUT2D eigenvalue weighted by atomic mass is 9.54. The van der Waals surface area contributed by atoms with Crippen molar-refractivity contribution in [2.24, 2.45) is 35.3 Å². The van der Waals surface area contributed by atoms with Gasteiger partial charge in [-0.15, -0.1) is 0 Å². The molecule has 0 aromatic carbocycles. The van der Waals surface area contributed by atoms with E-state index in [0.717, 1.165) is 19.3 Å². The van der Waals surface area contributed by atoms with Crippen molar-refractivity contribution in [1.29, 1.82) is 0 Å². The van der Waals surface area contributed by atoms with E-state index in [1.54, 1.807) is 6.92 Å². The number of carboxylic acid groups (broad SMARTS) is 1. The molecular weight excluding hydrogens is 337 g/mol. The van der Waals surface area contributed by atoms with Crippen molar-refractivity contribution in [3.8, 4) is 0 Å². The molecule has 5 nitrogen and oxygen atoms in total. The van der Waals surface area contributed by atoms with E-state index in [0.29, 0.717) is 24.2 Å². The van der Waals surface area contributed by atoms with Crippen LogP contribution in [0.5, 0.6) is 0 Å². The zero-order valence-electron chi connectivity index (χ0n) is 15.8. The van der Waals surface area contributed by atoms with Gasteiger partial charge in [-0.3, -0.25) is 9.36 Å².